The second kappa shape index (κ2) is 4.69. The highest BCUT2D eigenvalue weighted by atomic mass is 79.9. The van der Waals surface area contributed by atoms with Crippen molar-refractivity contribution in [1.29, 1.82) is 0 Å². The predicted molar refractivity (Wildman–Crippen MR) is 57.5 cm³/mol. The Morgan fingerprint density at radius 3 is 2.45 bits per heavy atom. The van der Waals surface area contributed by atoms with Gasteiger partial charge in [-0.25, -0.2) is 0 Å². The Labute approximate surface area is 77.2 Å². The highest BCUT2D eigenvalue weighted by molar-refractivity contribution is 9.36. The molecule has 0 aromatic heterocycles. The largest absolute Gasteiger partial charge is 0.0985 e. The van der Waals surface area contributed by atoms with Crippen LogP contribution in [-0.2, 0) is 6.16 Å². The Kier molecular flexibility index (Phi) is 3.82. The number of hydrogen-bond acceptors (Lipinski definition) is 0. The van der Waals surface area contributed by atoms with Crippen LogP contribution in [0, 0.1) is 0 Å². The summed E-state index contributed by atoms with van der Waals surface area (Å²) in [5.41, 5.74) is 2.57. The van der Waals surface area contributed by atoms with E-state index < -0.39 is 0 Å². The third-order valence-electron chi connectivity index (χ3n) is 1.49. The smallest absolute Gasteiger partial charge is 0.000202 e. The lowest BCUT2D eigenvalue weighted by atomic mass is 10.1. The quantitative estimate of drug-likeness (QED) is 0.691. The van der Waals surface area contributed by atoms with Crippen molar-refractivity contribution in [1.82, 2.24) is 0 Å². The first-order chi connectivity index (χ1) is 5.36. The van der Waals surface area contributed by atoms with Crippen LogP contribution in [0.2, 0.25) is 0 Å². The molecule has 0 fully saturated rings. The molecule has 0 saturated carbocycles. The SMILES string of the molecule is C=Cc1ccc(CPBr)cc1. The van der Waals surface area contributed by atoms with Gasteiger partial charge in [-0.3, -0.25) is 0 Å². The van der Waals surface area contributed by atoms with Crippen LogP contribution < -0.4 is 0 Å². The summed E-state index contributed by atoms with van der Waals surface area (Å²) in [4.78, 5) is 0. The first kappa shape index (κ1) is 8.96. The fraction of sp³-hybridized carbons (Fsp3) is 0.111. The van der Waals surface area contributed by atoms with Crippen molar-refractivity contribution in [3.8, 4) is 0 Å². The summed E-state index contributed by atoms with van der Waals surface area (Å²) in [6.07, 6.45) is 2.98. The molecule has 0 aliphatic carbocycles. The van der Waals surface area contributed by atoms with Gasteiger partial charge < -0.3 is 0 Å². The lowest BCUT2D eigenvalue weighted by Crippen LogP contribution is -1.76. The van der Waals surface area contributed by atoms with Crippen LogP contribution in [0.4, 0.5) is 0 Å². The first-order valence-electron chi connectivity index (χ1n) is 3.41. The summed E-state index contributed by atoms with van der Waals surface area (Å²) in [5.74, 6) is 0. The van der Waals surface area contributed by atoms with Crippen LogP contribution in [0.25, 0.3) is 6.08 Å². The minimum atomic E-state index is 0.819. The summed E-state index contributed by atoms with van der Waals surface area (Å²) in [6, 6.07) is 8.47. The molecule has 2 heteroatoms. The van der Waals surface area contributed by atoms with Gasteiger partial charge in [-0.15, -0.1) is 0 Å². The molecule has 1 rings (SSSR count). The maximum Gasteiger partial charge on any atom is -0.000202 e. The zero-order valence-corrected chi connectivity index (χ0v) is 8.76. The molecule has 0 radical (unpaired) electrons. The summed E-state index contributed by atoms with van der Waals surface area (Å²) < 4.78 is 0. The Hall–Kier alpha value is -0.130. The second-order valence-electron chi connectivity index (χ2n) is 2.26. The van der Waals surface area contributed by atoms with E-state index in [0.717, 1.165) is 13.4 Å². The van der Waals surface area contributed by atoms with Crippen molar-refractivity contribution >= 4 is 28.8 Å². The Morgan fingerprint density at radius 1 is 1.36 bits per heavy atom. The van der Waals surface area contributed by atoms with Crippen molar-refractivity contribution in [3.63, 3.8) is 0 Å². The maximum atomic E-state index is 3.70. The lowest BCUT2D eigenvalue weighted by Gasteiger charge is -1.97. The first-order valence-corrected chi connectivity index (χ1v) is 6.88. The van der Waals surface area contributed by atoms with E-state index in [2.05, 4.69) is 46.3 Å². The number of halogens is 1. The lowest BCUT2D eigenvalue weighted by molar-refractivity contribution is 1.41. The van der Waals surface area contributed by atoms with Crippen LogP contribution in [0.1, 0.15) is 11.1 Å². The van der Waals surface area contributed by atoms with Gasteiger partial charge in [0.15, 0.2) is 0 Å². The molecule has 0 amide bonds. The average molecular weight is 229 g/mol. The summed E-state index contributed by atoms with van der Waals surface area (Å²) in [5, 5.41) is 0. The molecule has 58 valence electrons. The topological polar surface area (TPSA) is 0 Å². The molecule has 1 unspecified atom stereocenters. The minimum Gasteiger partial charge on any atom is -0.0985 e. The normalized spacial score (nSPS) is 10.6. The minimum absolute atomic E-state index is 0.819. The predicted octanol–water partition coefficient (Wildman–Crippen LogP) is 3.82. The molecule has 0 aliphatic heterocycles. The van der Waals surface area contributed by atoms with Crippen molar-refractivity contribution in [2.75, 3.05) is 0 Å². The van der Waals surface area contributed by atoms with E-state index in [4.69, 9.17) is 0 Å². The van der Waals surface area contributed by atoms with Crippen LogP contribution in [0.15, 0.2) is 30.8 Å². The van der Waals surface area contributed by atoms with Crippen LogP contribution in [-0.4, -0.2) is 0 Å². The molecule has 1 aromatic rings. The molecular weight excluding hydrogens is 219 g/mol. The third-order valence-corrected chi connectivity index (χ3v) is 2.87. The second-order valence-corrected chi connectivity index (χ2v) is 4.56. The van der Waals surface area contributed by atoms with Gasteiger partial charge in [0.1, 0.15) is 0 Å². The zero-order chi connectivity index (χ0) is 8.10. The highest BCUT2D eigenvalue weighted by Crippen LogP contribution is 2.25. The Balaban J connectivity index is 2.74. The highest BCUT2D eigenvalue weighted by Gasteiger charge is 1.89. The van der Waals surface area contributed by atoms with Crippen molar-refractivity contribution in [2.45, 2.75) is 6.16 Å². The molecule has 1 aromatic carbocycles. The van der Waals surface area contributed by atoms with Crippen molar-refractivity contribution in [3.05, 3.63) is 42.0 Å². The van der Waals surface area contributed by atoms with E-state index in [0.29, 0.717) is 0 Å². The number of rotatable bonds is 3. The van der Waals surface area contributed by atoms with E-state index >= 15 is 0 Å². The van der Waals surface area contributed by atoms with Gasteiger partial charge in [-0.1, -0.05) is 52.4 Å². The van der Waals surface area contributed by atoms with Gasteiger partial charge >= 0.3 is 0 Å². The molecule has 0 aliphatic rings. The van der Waals surface area contributed by atoms with E-state index in [1.54, 1.807) is 0 Å². The van der Waals surface area contributed by atoms with Crippen LogP contribution >= 0.6 is 22.8 Å². The van der Waals surface area contributed by atoms with Gasteiger partial charge in [0, 0.05) is 0 Å². The summed E-state index contributed by atoms with van der Waals surface area (Å²) in [6.45, 7) is 3.70. The van der Waals surface area contributed by atoms with E-state index in [-0.39, 0.29) is 0 Å². The Morgan fingerprint density at radius 2 is 2.00 bits per heavy atom. The van der Waals surface area contributed by atoms with Crippen LogP contribution in [0.5, 0.6) is 0 Å². The zero-order valence-electron chi connectivity index (χ0n) is 6.18. The summed E-state index contributed by atoms with van der Waals surface area (Å²) in [7, 11) is 0.819. The van der Waals surface area contributed by atoms with Crippen molar-refractivity contribution in [2.24, 2.45) is 0 Å². The monoisotopic (exact) mass is 228 g/mol. The molecular formula is C9H10BrP. The van der Waals surface area contributed by atoms with Gasteiger partial charge in [0.2, 0.25) is 0 Å². The molecule has 0 saturated heterocycles. The van der Waals surface area contributed by atoms with E-state index in [9.17, 15) is 0 Å². The van der Waals surface area contributed by atoms with E-state index in [1.807, 2.05) is 6.08 Å². The fourth-order valence-electron chi connectivity index (χ4n) is 0.849. The fourth-order valence-corrected chi connectivity index (χ4v) is 2.21. The molecule has 0 bridgehead atoms. The molecule has 0 heterocycles. The number of hydrogen-bond donors (Lipinski definition) is 0. The molecule has 0 spiro atoms. The maximum absolute atomic E-state index is 3.70. The summed E-state index contributed by atoms with van der Waals surface area (Å²) >= 11 is 3.43. The standard InChI is InChI=1S/C9H10BrP/c1-2-8-3-5-9(6-4-8)7-11-10/h2-6,11H,1,7H2. The Bertz CT molecular complexity index is 228. The van der Waals surface area contributed by atoms with Gasteiger partial charge in [-0.05, 0) is 24.6 Å². The molecule has 1 atom stereocenters. The van der Waals surface area contributed by atoms with Gasteiger partial charge in [0.25, 0.3) is 0 Å². The van der Waals surface area contributed by atoms with Crippen molar-refractivity contribution < 1.29 is 0 Å². The molecule has 0 nitrogen and oxygen atoms in total. The number of benzene rings is 1. The van der Waals surface area contributed by atoms with Gasteiger partial charge in [0.05, 0.1) is 0 Å². The van der Waals surface area contributed by atoms with Crippen LogP contribution in [0.3, 0.4) is 0 Å². The molecule has 0 N–H and O–H groups in total. The van der Waals surface area contributed by atoms with E-state index in [1.165, 1.54) is 11.1 Å². The average Bonchev–Trinajstić information content (AvgIpc) is 2.07. The third kappa shape index (κ3) is 2.76. The van der Waals surface area contributed by atoms with Gasteiger partial charge in [-0.2, -0.15) is 0 Å². The molecule has 11 heavy (non-hydrogen) atoms.